The maximum Gasteiger partial charge on any atom is 0.286 e. The molecule has 0 aromatic carbocycles. The predicted octanol–water partition coefficient (Wildman–Crippen LogP) is 1.67. The van der Waals surface area contributed by atoms with Crippen LogP contribution < -0.4 is 11.1 Å². The average molecular weight is 254 g/mol. The van der Waals surface area contributed by atoms with Gasteiger partial charge in [-0.1, -0.05) is 0 Å². The number of amides is 1. The zero-order chi connectivity index (χ0) is 13.4. The number of rotatable bonds is 8. The van der Waals surface area contributed by atoms with E-state index in [-0.39, 0.29) is 12.0 Å². The molecule has 0 spiro atoms. The van der Waals surface area contributed by atoms with Crippen molar-refractivity contribution >= 4 is 5.91 Å². The van der Waals surface area contributed by atoms with E-state index in [0.717, 1.165) is 19.4 Å². The zero-order valence-electron chi connectivity index (χ0n) is 11.1. The maximum atomic E-state index is 11.6. The number of nitrogens with one attached hydrogen (secondary N) is 1. The molecule has 1 heterocycles. The van der Waals surface area contributed by atoms with Crippen LogP contribution in [-0.2, 0) is 11.3 Å². The minimum Gasteiger partial charge on any atom is -0.455 e. The lowest BCUT2D eigenvalue weighted by molar-refractivity contribution is 0.0753. The molecule has 1 amide bonds. The molecule has 0 saturated heterocycles. The van der Waals surface area contributed by atoms with Crippen LogP contribution in [0.1, 0.15) is 43.0 Å². The Balaban J connectivity index is 2.13. The Morgan fingerprint density at radius 1 is 1.44 bits per heavy atom. The number of hydrogen-bond acceptors (Lipinski definition) is 4. The second-order valence-electron chi connectivity index (χ2n) is 4.35. The third kappa shape index (κ3) is 5.33. The molecule has 0 aliphatic heterocycles. The van der Waals surface area contributed by atoms with Gasteiger partial charge in [-0.15, -0.1) is 0 Å². The lowest BCUT2D eigenvalue weighted by Crippen LogP contribution is -2.24. The fourth-order valence-electron chi connectivity index (χ4n) is 1.44. The maximum absolute atomic E-state index is 11.6. The quantitative estimate of drug-likeness (QED) is 0.692. The summed E-state index contributed by atoms with van der Waals surface area (Å²) in [7, 11) is 0. The second kappa shape index (κ2) is 7.89. The summed E-state index contributed by atoms with van der Waals surface area (Å²) in [4.78, 5) is 11.6. The summed E-state index contributed by atoms with van der Waals surface area (Å²) in [5, 5.41) is 2.80. The van der Waals surface area contributed by atoms with E-state index >= 15 is 0 Å². The number of hydrogen-bond donors (Lipinski definition) is 2. The molecule has 18 heavy (non-hydrogen) atoms. The highest BCUT2D eigenvalue weighted by Crippen LogP contribution is 2.06. The highest BCUT2D eigenvalue weighted by Gasteiger charge is 2.09. The van der Waals surface area contributed by atoms with Crippen molar-refractivity contribution in [2.24, 2.45) is 5.73 Å². The van der Waals surface area contributed by atoms with Crippen molar-refractivity contribution in [1.82, 2.24) is 5.32 Å². The first-order chi connectivity index (χ1) is 8.63. The molecule has 0 aliphatic rings. The lowest BCUT2D eigenvalue weighted by Gasteiger charge is -2.07. The highest BCUT2D eigenvalue weighted by atomic mass is 16.5. The van der Waals surface area contributed by atoms with Gasteiger partial charge in [0.15, 0.2) is 5.76 Å². The van der Waals surface area contributed by atoms with Crippen LogP contribution in [0.15, 0.2) is 16.5 Å². The minimum absolute atomic E-state index is 0.195. The smallest absolute Gasteiger partial charge is 0.286 e. The third-order valence-electron chi connectivity index (χ3n) is 2.39. The van der Waals surface area contributed by atoms with Gasteiger partial charge in [-0.25, -0.2) is 0 Å². The van der Waals surface area contributed by atoms with Gasteiger partial charge in [-0.3, -0.25) is 4.79 Å². The summed E-state index contributed by atoms with van der Waals surface area (Å²) >= 11 is 0. The number of unbranched alkanes of at least 4 members (excludes halogenated alkanes) is 1. The van der Waals surface area contributed by atoms with Crippen molar-refractivity contribution in [1.29, 1.82) is 0 Å². The molecule has 0 unspecified atom stereocenters. The Hall–Kier alpha value is -1.33. The molecular weight excluding hydrogens is 232 g/mol. The first kappa shape index (κ1) is 14.7. The van der Waals surface area contributed by atoms with Crippen LogP contribution in [0.4, 0.5) is 0 Å². The van der Waals surface area contributed by atoms with E-state index in [9.17, 15) is 4.79 Å². The van der Waals surface area contributed by atoms with Crippen molar-refractivity contribution in [3.63, 3.8) is 0 Å². The van der Waals surface area contributed by atoms with Gasteiger partial charge in [0.25, 0.3) is 5.91 Å². The second-order valence-corrected chi connectivity index (χ2v) is 4.35. The molecule has 102 valence electrons. The van der Waals surface area contributed by atoms with Crippen LogP contribution in [0.2, 0.25) is 0 Å². The van der Waals surface area contributed by atoms with Crippen LogP contribution in [0.3, 0.4) is 0 Å². The van der Waals surface area contributed by atoms with Gasteiger partial charge in [0.05, 0.1) is 12.6 Å². The van der Waals surface area contributed by atoms with Crippen LogP contribution in [0.25, 0.3) is 0 Å². The summed E-state index contributed by atoms with van der Waals surface area (Å²) in [6, 6.07) is 3.35. The normalized spacial score (nSPS) is 10.9. The fraction of sp³-hybridized carbons (Fsp3) is 0.615. The summed E-state index contributed by atoms with van der Waals surface area (Å²) < 4.78 is 10.6. The highest BCUT2D eigenvalue weighted by molar-refractivity contribution is 5.91. The molecule has 1 aromatic rings. The first-order valence-electron chi connectivity index (χ1n) is 6.32. The molecule has 3 N–H and O–H groups in total. The van der Waals surface area contributed by atoms with Gasteiger partial charge < -0.3 is 20.2 Å². The Bertz CT molecular complexity index is 361. The van der Waals surface area contributed by atoms with Crippen LogP contribution in [-0.4, -0.2) is 25.2 Å². The molecule has 5 heteroatoms. The van der Waals surface area contributed by atoms with Crippen molar-refractivity contribution in [2.45, 2.75) is 39.3 Å². The van der Waals surface area contributed by atoms with Crippen LogP contribution in [0, 0.1) is 0 Å². The van der Waals surface area contributed by atoms with Crippen LogP contribution >= 0.6 is 0 Å². The number of carbonyl (C=O) groups is 1. The van der Waals surface area contributed by atoms with E-state index in [1.54, 1.807) is 12.1 Å². The van der Waals surface area contributed by atoms with E-state index in [0.29, 0.717) is 24.6 Å². The summed E-state index contributed by atoms with van der Waals surface area (Å²) in [5.74, 6) is 0.735. The topological polar surface area (TPSA) is 77.5 Å². The number of furan rings is 1. The van der Waals surface area contributed by atoms with E-state index in [1.165, 1.54) is 0 Å². The van der Waals surface area contributed by atoms with Gasteiger partial charge in [-0.2, -0.15) is 0 Å². The molecule has 1 aromatic heterocycles. The summed E-state index contributed by atoms with van der Waals surface area (Å²) in [6.07, 6.45) is 2.09. The SMILES string of the molecule is CC(C)OCCCCNC(=O)c1ccc(CN)o1. The number of nitrogens with two attached hydrogens (primary N) is 1. The van der Waals surface area contributed by atoms with Gasteiger partial charge in [0.2, 0.25) is 0 Å². The van der Waals surface area contributed by atoms with Crippen molar-refractivity contribution in [2.75, 3.05) is 13.2 Å². The summed E-state index contributed by atoms with van der Waals surface area (Å²) in [5.41, 5.74) is 5.40. The van der Waals surface area contributed by atoms with E-state index in [4.69, 9.17) is 14.9 Å². The van der Waals surface area contributed by atoms with Crippen molar-refractivity contribution in [3.8, 4) is 0 Å². The first-order valence-corrected chi connectivity index (χ1v) is 6.32. The number of carbonyl (C=O) groups excluding carboxylic acids is 1. The molecule has 0 bridgehead atoms. The third-order valence-corrected chi connectivity index (χ3v) is 2.39. The van der Waals surface area contributed by atoms with Crippen LogP contribution in [0.5, 0.6) is 0 Å². The predicted molar refractivity (Wildman–Crippen MR) is 69.3 cm³/mol. The zero-order valence-corrected chi connectivity index (χ0v) is 11.1. The Morgan fingerprint density at radius 3 is 2.83 bits per heavy atom. The minimum atomic E-state index is -0.195. The lowest BCUT2D eigenvalue weighted by atomic mass is 10.3. The van der Waals surface area contributed by atoms with Gasteiger partial charge in [0, 0.05) is 13.2 Å². The van der Waals surface area contributed by atoms with E-state index in [1.807, 2.05) is 13.8 Å². The molecular formula is C13H22N2O3. The average Bonchev–Trinajstić information content (AvgIpc) is 2.81. The van der Waals surface area contributed by atoms with Gasteiger partial charge >= 0.3 is 0 Å². The molecule has 1 rings (SSSR count). The number of ether oxygens (including phenoxy) is 1. The standard InChI is InChI=1S/C13H22N2O3/c1-10(2)17-8-4-3-7-15-13(16)12-6-5-11(9-14)18-12/h5-6,10H,3-4,7-9,14H2,1-2H3,(H,15,16). The Kier molecular flexibility index (Phi) is 6.46. The molecule has 0 fully saturated rings. The van der Waals surface area contributed by atoms with Crippen molar-refractivity contribution in [3.05, 3.63) is 23.7 Å². The largest absolute Gasteiger partial charge is 0.455 e. The Labute approximate surface area is 108 Å². The fourth-order valence-corrected chi connectivity index (χ4v) is 1.44. The van der Waals surface area contributed by atoms with Gasteiger partial charge in [-0.05, 0) is 38.8 Å². The molecule has 0 radical (unpaired) electrons. The van der Waals surface area contributed by atoms with E-state index < -0.39 is 0 Å². The molecule has 5 nitrogen and oxygen atoms in total. The monoisotopic (exact) mass is 254 g/mol. The molecule has 0 aliphatic carbocycles. The van der Waals surface area contributed by atoms with Gasteiger partial charge in [0.1, 0.15) is 5.76 Å². The molecule has 0 saturated carbocycles. The van der Waals surface area contributed by atoms with Crippen molar-refractivity contribution < 1.29 is 13.9 Å². The Morgan fingerprint density at radius 2 is 2.22 bits per heavy atom. The van der Waals surface area contributed by atoms with E-state index in [2.05, 4.69) is 5.32 Å². The molecule has 0 atom stereocenters. The summed E-state index contributed by atoms with van der Waals surface area (Å²) in [6.45, 7) is 5.67.